The van der Waals surface area contributed by atoms with Gasteiger partial charge >= 0.3 is 11.9 Å². The van der Waals surface area contributed by atoms with Gasteiger partial charge in [0.1, 0.15) is 11.4 Å². The molecule has 1 aromatic carbocycles. The largest absolute Gasteiger partial charge is 0.477 e. The summed E-state index contributed by atoms with van der Waals surface area (Å²) < 4.78 is 5.13. The molecule has 0 spiro atoms. The Morgan fingerprint density at radius 1 is 1.36 bits per heavy atom. The van der Waals surface area contributed by atoms with Crippen LogP contribution in [0.5, 0.6) is 5.75 Å². The molecule has 1 amide bonds. The Hall–Kier alpha value is -2.89. The predicted octanol–water partition coefficient (Wildman–Crippen LogP) is 2.12. The molecule has 6 nitrogen and oxygen atoms in total. The van der Waals surface area contributed by atoms with Gasteiger partial charge in [-0.1, -0.05) is 18.2 Å². The zero-order valence-electron chi connectivity index (χ0n) is 12.2. The summed E-state index contributed by atoms with van der Waals surface area (Å²) in [5, 5.41) is 11.2. The average Bonchev–Trinajstić information content (AvgIpc) is 2.44. The first kappa shape index (κ1) is 17.2. The number of aliphatic carboxylic acids is 1. The average molecular weight is 303 g/mol. The predicted molar refractivity (Wildman–Crippen MR) is 80.9 cm³/mol. The van der Waals surface area contributed by atoms with E-state index in [1.807, 2.05) is 0 Å². The van der Waals surface area contributed by atoms with Crippen molar-refractivity contribution in [3.8, 4) is 5.75 Å². The molecule has 0 aliphatic heterocycles. The third-order valence-electron chi connectivity index (χ3n) is 2.49. The minimum atomic E-state index is -1.26. The lowest BCUT2D eigenvalue weighted by atomic mass is 10.2. The van der Waals surface area contributed by atoms with Gasteiger partial charge < -0.3 is 15.2 Å². The number of amides is 1. The molecule has 0 aliphatic rings. The Kier molecular flexibility index (Phi) is 6.56. The van der Waals surface area contributed by atoms with Gasteiger partial charge in [0.15, 0.2) is 0 Å². The maximum atomic E-state index is 11.5. The minimum absolute atomic E-state index is 0.218. The van der Waals surface area contributed by atoms with Crippen LogP contribution in [0.1, 0.15) is 25.3 Å². The number of hydrogen-bond acceptors (Lipinski definition) is 4. The molecule has 0 saturated heterocycles. The van der Waals surface area contributed by atoms with Crippen LogP contribution in [0, 0.1) is 0 Å². The monoisotopic (exact) mass is 303 g/mol. The number of nitrogens with one attached hydrogen (secondary N) is 1. The van der Waals surface area contributed by atoms with Gasteiger partial charge in [0.05, 0.1) is 0 Å². The van der Waals surface area contributed by atoms with Crippen LogP contribution in [0.25, 0.3) is 6.08 Å². The van der Waals surface area contributed by atoms with Gasteiger partial charge in [-0.15, -0.1) is 6.58 Å². The quantitative estimate of drug-likeness (QED) is 0.348. The lowest BCUT2D eigenvalue weighted by Gasteiger charge is -2.06. The lowest BCUT2D eigenvalue weighted by Crippen LogP contribution is -2.24. The molecule has 0 unspecified atom stereocenters. The van der Waals surface area contributed by atoms with Gasteiger partial charge in [0.25, 0.3) is 0 Å². The molecule has 0 radical (unpaired) electrons. The Labute approximate surface area is 128 Å². The zero-order chi connectivity index (χ0) is 16.5. The summed E-state index contributed by atoms with van der Waals surface area (Å²) in [6.07, 6.45) is 3.64. The lowest BCUT2D eigenvalue weighted by molar-refractivity contribution is -0.135. The van der Waals surface area contributed by atoms with Crippen molar-refractivity contribution in [3.05, 3.63) is 48.2 Å². The Morgan fingerprint density at radius 3 is 2.68 bits per heavy atom. The molecule has 2 N–H and O–H groups in total. The van der Waals surface area contributed by atoms with Gasteiger partial charge in [-0.2, -0.15) is 0 Å². The first-order chi connectivity index (χ1) is 10.4. The van der Waals surface area contributed by atoms with Gasteiger partial charge in [0.2, 0.25) is 5.91 Å². The summed E-state index contributed by atoms with van der Waals surface area (Å²) in [6.45, 7) is 4.74. The van der Waals surface area contributed by atoms with Crippen LogP contribution >= 0.6 is 0 Å². The first-order valence-corrected chi connectivity index (χ1v) is 6.56. The van der Waals surface area contributed by atoms with Crippen LogP contribution < -0.4 is 10.1 Å². The van der Waals surface area contributed by atoms with Gasteiger partial charge in [-0.05, 0) is 30.2 Å². The molecule has 116 valence electrons. The standard InChI is InChI=1S/C16H17NO5/c1-3-4-8-15(19)22-13-7-5-6-12(9-13)10-14(16(20)21)17-11(2)18/h3,5-7,9-10H,1,4,8H2,2H3,(H,17,18)(H,20,21)/b14-10+. The van der Waals surface area contributed by atoms with Gasteiger partial charge in [-0.25, -0.2) is 4.79 Å². The van der Waals surface area contributed by atoms with E-state index in [1.54, 1.807) is 24.3 Å². The molecule has 22 heavy (non-hydrogen) atoms. The molecule has 0 heterocycles. The highest BCUT2D eigenvalue weighted by Gasteiger charge is 2.09. The molecule has 0 aliphatic carbocycles. The van der Waals surface area contributed by atoms with Crippen LogP contribution in [0.2, 0.25) is 0 Å². The van der Waals surface area contributed by atoms with E-state index in [0.29, 0.717) is 17.7 Å². The molecule has 0 bridgehead atoms. The van der Waals surface area contributed by atoms with Crippen molar-refractivity contribution in [3.63, 3.8) is 0 Å². The van der Waals surface area contributed by atoms with E-state index in [1.165, 1.54) is 19.1 Å². The fourth-order valence-corrected chi connectivity index (χ4v) is 1.58. The highest BCUT2D eigenvalue weighted by atomic mass is 16.5. The Bertz CT molecular complexity index is 619. The van der Waals surface area contributed by atoms with Gasteiger partial charge in [0, 0.05) is 13.3 Å². The van der Waals surface area contributed by atoms with Crippen LogP contribution in [-0.4, -0.2) is 23.0 Å². The molecule has 0 aromatic heterocycles. The number of allylic oxidation sites excluding steroid dienone is 1. The van der Waals surface area contributed by atoms with Gasteiger partial charge in [-0.3, -0.25) is 9.59 Å². The summed E-state index contributed by atoms with van der Waals surface area (Å²) in [5.74, 6) is -1.85. The number of rotatable bonds is 7. The smallest absolute Gasteiger partial charge is 0.352 e. The summed E-state index contributed by atoms with van der Waals surface area (Å²) in [5.41, 5.74) is 0.225. The topological polar surface area (TPSA) is 92.7 Å². The molecular weight excluding hydrogens is 286 g/mol. The van der Waals surface area contributed by atoms with E-state index in [-0.39, 0.29) is 12.1 Å². The van der Waals surface area contributed by atoms with E-state index < -0.39 is 17.8 Å². The number of ether oxygens (including phenoxy) is 1. The zero-order valence-corrected chi connectivity index (χ0v) is 12.2. The van der Waals surface area contributed by atoms with Crippen molar-refractivity contribution in [2.75, 3.05) is 0 Å². The third kappa shape index (κ3) is 6.04. The number of carboxylic acids is 1. The van der Waals surface area contributed by atoms with Crippen molar-refractivity contribution in [2.45, 2.75) is 19.8 Å². The van der Waals surface area contributed by atoms with Crippen LogP contribution in [0.15, 0.2) is 42.6 Å². The van der Waals surface area contributed by atoms with Crippen molar-refractivity contribution in [2.24, 2.45) is 0 Å². The van der Waals surface area contributed by atoms with Crippen molar-refractivity contribution in [1.82, 2.24) is 5.32 Å². The Balaban J connectivity index is 2.90. The van der Waals surface area contributed by atoms with Crippen molar-refractivity contribution < 1.29 is 24.2 Å². The first-order valence-electron chi connectivity index (χ1n) is 6.56. The maximum Gasteiger partial charge on any atom is 0.352 e. The SMILES string of the molecule is C=CCCC(=O)Oc1cccc(/C=C(/NC(C)=O)C(=O)O)c1. The van der Waals surface area contributed by atoms with Crippen molar-refractivity contribution >= 4 is 23.9 Å². The summed E-state index contributed by atoms with van der Waals surface area (Å²) in [6, 6.07) is 6.35. The molecule has 0 fully saturated rings. The van der Waals surface area contributed by atoms with E-state index in [2.05, 4.69) is 11.9 Å². The summed E-state index contributed by atoms with van der Waals surface area (Å²) in [7, 11) is 0. The minimum Gasteiger partial charge on any atom is -0.477 e. The second kappa shape index (κ2) is 8.41. The van der Waals surface area contributed by atoms with Crippen LogP contribution in [0.4, 0.5) is 0 Å². The van der Waals surface area contributed by atoms with E-state index >= 15 is 0 Å². The summed E-state index contributed by atoms with van der Waals surface area (Å²) >= 11 is 0. The number of hydrogen-bond donors (Lipinski definition) is 2. The van der Waals surface area contributed by atoms with Crippen LogP contribution in [-0.2, 0) is 14.4 Å². The second-order valence-corrected chi connectivity index (χ2v) is 4.42. The number of benzene rings is 1. The highest BCUT2D eigenvalue weighted by Crippen LogP contribution is 2.16. The molecule has 6 heteroatoms. The highest BCUT2D eigenvalue weighted by molar-refractivity contribution is 5.96. The Morgan fingerprint density at radius 2 is 2.09 bits per heavy atom. The van der Waals surface area contributed by atoms with E-state index in [0.717, 1.165) is 0 Å². The maximum absolute atomic E-state index is 11.5. The molecule has 0 atom stereocenters. The normalized spacial score (nSPS) is 10.7. The van der Waals surface area contributed by atoms with E-state index in [9.17, 15) is 14.4 Å². The van der Waals surface area contributed by atoms with Crippen molar-refractivity contribution in [1.29, 1.82) is 0 Å². The summed E-state index contributed by atoms with van der Waals surface area (Å²) in [4.78, 5) is 33.5. The molecule has 1 rings (SSSR count). The molecule has 0 saturated carbocycles. The number of carbonyl (C=O) groups is 3. The number of esters is 1. The van der Waals surface area contributed by atoms with Crippen LogP contribution in [0.3, 0.4) is 0 Å². The molecule has 1 aromatic rings. The molecular formula is C16H17NO5. The van der Waals surface area contributed by atoms with E-state index in [4.69, 9.17) is 9.84 Å². The fourth-order valence-electron chi connectivity index (χ4n) is 1.58. The third-order valence-corrected chi connectivity index (χ3v) is 2.49. The number of carboxylic acid groups (broad SMARTS) is 1. The second-order valence-electron chi connectivity index (χ2n) is 4.42. The number of carbonyl (C=O) groups excluding carboxylic acids is 2. The fraction of sp³-hybridized carbons (Fsp3) is 0.188.